The minimum Gasteiger partial charge on any atom is -0.348 e. The summed E-state index contributed by atoms with van der Waals surface area (Å²) in [5.74, 6) is 1.97. The summed E-state index contributed by atoms with van der Waals surface area (Å²) in [7, 11) is -3.66. The lowest BCUT2D eigenvalue weighted by molar-refractivity contribution is 0.0951. The monoisotopic (exact) mass is 439 g/mol. The molecule has 0 unspecified atom stereocenters. The molecule has 0 bridgehead atoms. The van der Waals surface area contributed by atoms with Crippen LogP contribution in [0.2, 0.25) is 0 Å². The highest BCUT2D eigenvalue weighted by Gasteiger charge is 2.14. The van der Waals surface area contributed by atoms with Crippen LogP contribution in [0.4, 0.5) is 0 Å². The first-order valence-corrected chi connectivity index (χ1v) is 12.1. The molecule has 1 aliphatic heterocycles. The number of carbonyl (C=O) groups excluding carboxylic acids is 1. The van der Waals surface area contributed by atoms with Crippen LogP contribution < -0.4 is 10.0 Å². The van der Waals surface area contributed by atoms with Gasteiger partial charge in [0.25, 0.3) is 5.91 Å². The number of nitrogens with one attached hydrogen (secondary N) is 2. The lowest BCUT2D eigenvalue weighted by atomic mass is 10.1. The maximum absolute atomic E-state index is 12.4. The molecule has 1 heterocycles. The number of likely N-dealkylation sites (tertiary alicyclic amines) is 1. The summed E-state index contributed by atoms with van der Waals surface area (Å²) in [6.07, 6.45) is 10.3. The largest absolute Gasteiger partial charge is 0.348 e. The Morgan fingerprint density at radius 3 is 2.16 bits per heavy atom. The topological polar surface area (TPSA) is 78.5 Å². The quantitative estimate of drug-likeness (QED) is 0.620. The molecular weight excluding hydrogens is 410 g/mol. The zero-order valence-corrected chi connectivity index (χ0v) is 18.5. The Hall–Kier alpha value is -2.66. The van der Waals surface area contributed by atoms with E-state index in [0.717, 1.165) is 25.2 Å². The minimum absolute atomic E-state index is 0.0688. The third-order valence-electron chi connectivity index (χ3n) is 5.37. The first kappa shape index (κ1) is 23.0. The van der Waals surface area contributed by atoms with E-state index >= 15 is 0 Å². The van der Waals surface area contributed by atoms with Crippen LogP contribution in [0.15, 0.2) is 53.4 Å². The molecule has 31 heavy (non-hydrogen) atoms. The smallest absolute Gasteiger partial charge is 0.251 e. The summed E-state index contributed by atoms with van der Waals surface area (Å²) in [6.45, 7) is 3.63. The molecule has 0 spiro atoms. The molecule has 0 atom stereocenters. The molecular formula is C24H29N3O3S. The second-order valence-electron chi connectivity index (χ2n) is 7.74. The molecule has 0 aliphatic carbocycles. The van der Waals surface area contributed by atoms with Crippen molar-refractivity contribution in [2.75, 3.05) is 19.6 Å². The number of benzene rings is 2. The van der Waals surface area contributed by atoms with Crippen molar-refractivity contribution >= 4 is 15.9 Å². The number of rotatable bonds is 8. The van der Waals surface area contributed by atoms with Crippen molar-refractivity contribution in [3.8, 4) is 12.3 Å². The number of hydrogen-bond donors (Lipinski definition) is 2. The second-order valence-corrected chi connectivity index (χ2v) is 9.51. The van der Waals surface area contributed by atoms with Gasteiger partial charge in [0.15, 0.2) is 0 Å². The number of nitrogens with zero attached hydrogens (tertiary/aromatic N) is 1. The van der Waals surface area contributed by atoms with Gasteiger partial charge in [-0.1, -0.05) is 43.0 Å². The minimum atomic E-state index is -3.66. The summed E-state index contributed by atoms with van der Waals surface area (Å²) in [4.78, 5) is 15.0. The molecule has 0 aromatic heterocycles. The van der Waals surface area contributed by atoms with Gasteiger partial charge in [0.1, 0.15) is 0 Å². The van der Waals surface area contributed by atoms with E-state index in [0.29, 0.717) is 12.1 Å². The Morgan fingerprint density at radius 2 is 1.55 bits per heavy atom. The molecule has 1 aliphatic rings. The molecule has 164 valence electrons. The van der Waals surface area contributed by atoms with Crippen molar-refractivity contribution in [3.05, 3.63) is 65.2 Å². The summed E-state index contributed by atoms with van der Waals surface area (Å²) < 4.78 is 26.4. The highest BCUT2D eigenvalue weighted by molar-refractivity contribution is 7.89. The first-order valence-electron chi connectivity index (χ1n) is 10.6. The maximum Gasteiger partial charge on any atom is 0.251 e. The zero-order valence-electron chi connectivity index (χ0n) is 17.6. The molecule has 6 nitrogen and oxygen atoms in total. The molecule has 7 heteroatoms. The Morgan fingerprint density at radius 1 is 0.935 bits per heavy atom. The maximum atomic E-state index is 12.4. The lowest BCUT2D eigenvalue weighted by Gasteiger charge is -2.19. The summed E-state index contributed by atoms with van der Waals surface area (Å²) >= 11 is 0. The van der Waals surface area contributed by atoms with Gasteiger partial charge in [0, 0.05) is 18.7 Å². The van der Waals surface area contributed by atoms with Gasteiger partial charge < -0.3 is 5.32 Å². The summed E-state index contributed by atoms with van der Waals surface area (Å²) in [6, 6.07) is 14.1. The van der Waals surface area contributed by atoms with Gasteiger partial charge in [0.2, 0.25) is 10.0 Å². The highest BCUT2D eigenvalue weighted by atomic mass is 32.2. The lowest BCUT2D eigenvalue weighted by Crippen LogP contribution is -2.25. The fraction of sp³-hybridized carbons (Fsp3) is 0.375. The number of terminal acetylenes is 1. The van der Waals surface area contributed by atoms with Gasteiger partial charge in [0.05, 0.1) is 11.4 Å². The van der Waals surface area contributed by atoms with E-state index in [-0.39, 0.29) is 17.3 Å². The average Bonchev–Trinajstić information content (AvgIpc) is 3.06. The molecule has 0 radical (unpaired) electrons. The summed E-state index contributed by atoms with van der Waals surface area (Å²) in [5.41, 5.74) is 2.70. The first-order chi connectivity index (χ1) is 15.0. The van der Waals surface area contributed by atoms with E-state index < -0.39 is 10.0 Å². The number of carbonyl (C=O) groups is 1. The van der Waals surface area contributed by atoms with Gasteiger partial charge in [-0.2, -0.15) is 4.72 Å². The van der Waals surface area contributed by atoms with Gasteiger partial charge in [-0.15, -0.1) is 6.42 Å². The number of hydrogen-bond acceptors (Lipinski definition) is 4. The molecule has 1 saturated heterocycles. The molecule has 2 N–H and O–H groups in total. The SMILES string of the molecule is C#CCNS(=O)(=O)c1ccc(C(=O)NCc2ccc(CN3CCCCCC3)cc2)cc1. The van der Waals surface area contributed by atoms with E-state index in [1.165, 1.54) is 55.5 Å². The van der Waals surface area contributed by atoms with Crippen LogP contribution in [-0.4, -0.2) is 38.9 Å². The van der Waals surface area contributed by atoms with E-state index in [4.69, 9.17) is 6.42 Å². The number of sulfonamides is 1. The summed E-state index contributed by atoms with van der Waals surface area (Å²) in [5, 5.41) is 2.88. The van der Waals surface area contributed by atoms with Gasteiger partial charge in [-0.3, -0.25) is 9.69 Å². The van der Waals surface area contributed by atoms with E-state index in [1.807, 2.05) is 12.1 Å². The second kappa shape index (κ2) is 11.1. The molecule has 3 rings (SSSR count). The predicted octanol–water partition coefficient (Wildman–Crippen LogP) is 2.90. The van der Waals surface area contributed by atoms with E-state index in [2.05, 4.69) is 33.0 Å². The molecule has 2 aromatic rings. The standard InChI is InChI=1S/C24H29N3O3S/c1-2-15-26-31(29,30)23-13-11-22(12-14-23)24(28)25-18-20-7-9-21(10-8-20)19-27-16-5-3-4-6-17-27/h1,7-14,26H,3-6,15-19H2,(H,25,28). The zero-order chi connectivity index (χ0) is 22.1. The Kier molecular flexibility index (Phi) is 8.24. The van der Waals surface area contributed by atoms with Crippen LogP contribution in [0.3, 0.4) is 0 Å². The van der Waals surface area contributed by atoms with Gasteiger partial charge in [-0.25, -0.2) is 8.42 Å². The molecule has 1 amide bonds. The van der Waals surface area contributed by atoms with Crippen LogP contribution in [0, 0.1) is 12.3 Å². The van der Waals surface area contributed by atoms with E-state index in [9.17, 15) is 13.2 Å². The molecule has 1 fully saturated rings. The fourth-order valence-electron chi connectivity index (χ4n) is 3.60. The van der Waals surface area contributed by atoms with Crippen molar-refractivity contribution in [3.63, 3.8) is 0 Å². The fourth-order valence-corrected chi connectivity index (χ4v) is 4.54. The average molecular weight is 440 g/mol. The Bertz CT molecular complexity index is 1000. The molecule has 2 aromatic carbocycles. The Labute approximate surface area is 185 Å². The van der Waals surface area contributed by atoms with Crippen LogP contribution >= 0.6 is 0 Å². The third-order valence-corrected chi connectivity index (χ3v) is 6.79. The van der Waals surface area contributed by atoms with Crippen molar-refractivity contribution < 1.29 is 13.2 Å². The van der Waals surface area contributed by atoms with Crippen LogP contribution in [0.1, 0.15) is 47.2 Å². The van der Waals surface area contributed by atoms with Crippen LogP contribution in [-0.2, 0) is 23.1 Å². The predicted molar refractivity (Wildman–Crippen MR) is 122 cm³/mol. The Balaban J connectivity index is 1.51. The van der Waals surface area contributed by atoms with Crippen molar-refractivity contribution in [2.24, 2.45) is 0 Å². The highest BCUT2D eigenvalue weighted by Crippen LogP contribution is 2.14. The van der Waals surface area contributed by atoms with Crippen molar-refractivity contribution in [2.45, 2.75) is 43.7 Å². The van der Waals surface area contributed by atoms with Crippen LogP contribution in [0.25, 0.3) is 0 Å². The van der Waals surface area contributed by atoms with E-state index in [1.54, 1.807) is 0 Å². The van der Waals surface area contributed by atoms with Crippen molar-refractivity contribution in [1.29, 1.82) is 0 Å². The normalized spacial score (nSPS) is 15.1. The molecule has 0 saturated carbocycles. The van der Waals surface area contributed by atoms with Gasteiger partial charge in [-0.05, 0) is 61.3 Å². The number of amides is 1. The van der Waals surface area contributed by atoms with Crippen LogP contribution in [0.5, 0.6) is 0 Å². The van der Waals surface area contributed by atoms with Gasteiger partial charge >= 0.3 is 0 Å². The third kappa shape index (κ3) is 6.93. The van der Waals surface area contributed by atoms with Crippen molar-refractivity contribution in [1.82, 2.24) is 14.9 Å².